The van der Waals surface area contributed by atoms with Gasteiger partial charge < -0.3 is 5.32 Å². The second-order valence-corrected chi connectivity index (χ2v) is 5.07. The van der Waals surface area contributed by atoms with Crippen molar-refractivity contribution in [2.75, 3.05) is 6.54 Å². The summed E-state index contributed by atoms with van der Waals surface area (Å²) in [5.74, 6) is 2.23. The molecule has 2 atom stereocenters. The fourth-order valence-corrected chi connectivity index (χ4v) is 2.80. The maximum Gasteiger partial charge on any atom is 0.167 e. The van der Waals surface area contributed by atoms with Crippen LogP contribution in [0.25, 0.3) is 0 Å². The topological polar surface area (TPSA) is 42.7 Å². The maximum absolute atomic E-state index is 4.71. The van der Waals surface area contributed by atoms with Crippen molar-refractivity contribution >= 4 is 0 Å². The minimum Gasteiger partial charge on any atom is -0.307 e. The highest BCUT2D eigenvalue weighted by molar-refractivity contribution is 5.02. The smallest absolute Gasteiger partial charge is 0.167 e. The third-order valence-corrected chi connectivity index (χ3v) is 3.78. The van der Waals surface area contributed by atoms with E-state index in [-0.39, 0.29) is 0 Å². The van der Waals surface area contributed by atoms with E-state index in [1.807, 2.05) is 0 Å². The highest BCUT2D eigenvalue weighted by atomic mass is 15.4. The van der Waals surface area contributed by atoms with E-state index in [0.717, 1.165) is 18.8 Å². The molecular weight excluding hydrogens is 200 g/mol. The molecule has 2 aliphatic heterocycles. The van der Waals surface area contributed by atoms with Gasteiger partial charge in [0.25, 0.3) is 0 Å². The summed E-state index contributed by atoms with van der Waals surface area (Å²) in [5.41, 5.74) is 0. The molecule has 1 N–H and O–H groups in total. The van der Waals surface area contributed by atoms with Gasteiger partial charge in [0, 0.05) is 6.42 Å². The molecule has 0 radical (unpaired) electrons. The highest BCUT2D eigenvalue weighted by Gasteiger charge is 2.24. The molecule has 88 valence electrons. The maximum atomic E-state index is 4.71. The van der Waals surface area contributed by atoms with E-state index in [0.29, 0.717) is 12.1 Å². The number of aromatic nitrogens is 3. The molecule has 1 saturated heterocycles. The molecule has 3 heterocycles. The largest absolute Gasteiger partial charge is 0.307 e. The van der Waals surface area contributed by atoms with Crippen LogP contribution in [0.3, 0.4) is 0 Å². The van der Waals surface area contributed by atoms with Gasteiger partial charge in [-0.2, -0.15) is 5.10 Å². The van der Waals surface area contributed by atoms with Crippen molar-refractivity contribution < 1.29 is 0 Å². The molecule has 1 fully saturated rings. The van der Waals surface area contributed by atoms with Crippen LogP contribution < -0.4 is 5.32 Å². The number of nitrogens with zero attached hydrogens (tertiary/aromatic N) is 3. The molecule has 0 spiro atoms. The Morgan fingerprint density at radius 1 is 1.25 bits per heavy atom. The van der Waals surface area contributed by atoms with Crippen LogP contribution in [0.5, 0.6) is 0 Å². The Kier molecular flexibility index (Phi) is 2.67. The summed E-state index contributed by atoms with van der Waals surface area (Å²) in [6, 6.07) is 0.938. The summed E-state index contributed by atoms with van der Waals surface area (Å²) in [6.45, 7) is 3.36. The molecule has 3 rings (SSSR count). The van der Waals surface area contributed by atoms with Crippen LogP contribution in [0.1, 0.15) is 62.8 Å². The Bertz CT molecular complexity index is 365. The van der Waals surface area contributed by atoms with Crippen molar-refractivity contribution in [1.82, 2.24) is 20.1 Å². The summed E-state index contributed by atoms with van der Waals surface area (Å²) in [6.07, 6.45) is 7.39. The molecule has 0 amide bonds. The molecule has 1 aromatic rings. The summed E-state index contributed by atoms with van der Waals surface area (Å²) in [4.78, 5) is 4.71. The molecule has 4 heteroatoms. The van der Waals surface area contributed by atoms with E-state index in [1.165, 1.54) is 37.9 Å². The molecule has 4 nitrogen and oxygen atoms in total. The Balaban J connectivity index is 1.85. The summed E-state index contributed by atoms with van der Waals surface area (Å²) in [7, 11) is 0. The van der Waals surface area contributed by atoms with Crippen LogP contribution in [-0.2, 0) is 6.42 Å². The van der Waals surface area contributed by atoms with Gasteiger partial charge >= 0.3 is 0 Å². The van der Waals surface area contributed by atoms with Crippen molar-refractivity contribution in [1.29, 1.82) is 0 Å². The third kappa shape index (κ3) is 1.75. The summed E-state index contributed by atoms with van der Waals surface area (Å²) in [5, 5.41) is 8.22. The first-order chi connectivity index (χ1) is 7.84. The summed E-state index contributed by atoms with van der Waals surface area (Å²) >= 11 is 0. The van der Waals surface area contributed by atoms with E-state index < -0.39 is 0 Å². The molecule has 0 aromatic carbocycles. The van der Waals surface area contributed by atoms with E-state index in [2.05, 4.69) is 16.9 Å². The fourth-order valence-electron chi connectivity index (χ4n) is 2.80. The van der Waals surface area contributed by atoms with Crippen LogP contribution in [0, 0.1) is 0 Å². The summed E-state index contributed by atoms with van der Waals surface area (Å²) < 4.78 is 2.15. The Morgan fingerprint density at radius 2 is 2.19 bits per heavy atom. The monoisotopic (exact) mass is 220 g/mol. The molecule has 0 aliphatic carbocycles. The van der Waals surface area contributed by atoms with E-state index >= 15 is 0 Å². The van der Waals surface area contributed by atoms with Gasteiger partial charge in [-0.05, 0) is 39.2 Å². The Morgan fingerprint density at radius 3 is 2.94 bits per heavy atom. The predicted octanol–water partition coefficient (Wildman–Crippen LogP) is 1.99. The van der Waals surface area contributed by atoms with Crippen LogP contribution >= 0.6 is 0 Å². The standard InChI is InChI=1S/C12H20N4/c1-9-5-4-7-11-14-12(15-16(9)11)10-6-2-3-8-13-10/h9-10,13H,2-8H2,1H3. The fraction of sp³-hybridized carbons (Fsp3) is 0.833. The number of fused-ring (bicyclic) bond motifs is 1. The normalized spacial score (nSPS) is 30.1. The molecule has 2 unspecified atom stereocenters. The van der Waals surface area contributed by atoms with Crippen molar-refractivity contribution in [3.8, 4) is 0 Å². The number of piperidine rings is 1. The van der Waals surface area contributed by atoms with Gasteiger partial charge in [-0.1, -0.05) is 6.42 Å². The average molecular weight is 220 g/mol. The zero-order valence-electron chi connectivity index (χ0n) is 9.95. The van der Waals surface area contributed by atoms with Gasteiger partial charge in [-0.3, -0.25) is 0 Å². The molecular formula is C12H20N4. The molecule has 1 aromatic heterocycles. The lowest BCUT2D eigenvalue weighted by molar-refractivity contribution is 0.373. The van der Waals surface area contributed by atoms with Gasteiger partial charge in [0.15, 0.2) is 5.82 Å². The Hall–Kier alpha value is -0.900. The number of rotatable bonds is 1. The lowest BCUT2D eigenvalue weighted by Crippen LogP contribution is -2.27. The van der Waals surface area contributed by atoms with Gasteiger partial charge in [-0.15, -0.1) is 0 Å². The van der Waals surface area contributed by atoms with Crippen LogP contribution in [-0.4, -0.2) is 21.3 Å². The predicted molar refractivity (Wildman–Crippen MR) is 62.3 cm³/mol. The number of aryl methyl sites for hydroxylation is 1. The van der Waals surface area contributed by atoms with Gasteiger partial charge in [0.1, 0.15) is 5.82 Å². The second-order valence-electron chi connectivity index (χ2n) is 5.07. The van der Waals surface area contributed by atoms with E-state index in [9.17, 15) is 0 Å². The quantitative estimate of drug-likeness (QED) is 0.787. The van der Waals surface area contributed by atoms with Crippen LogP contribution in [0.2, 0.25) is 0 Å². The first kappa shape index (κ1) is 10.3. The molecule has 0 saturated carbocycles. The first-order valence-corrected chi connectivity index (χ1v) is 6.53. The van der Waals surface area contributed by atoms with Crippen LogP contribution in [0.15, 0.2) is 0 Å². The third-order valence-electron chi connectivity index (χ3n) is 3.78. The highest BCUT2D eigenvalue weighted by Crippen LogP contribution is 2.26. The molecule has 16 heavy (non-hydrogen) atoms. The van der Waals surface area contributed by atoms with Gasteiger partial charge in [-0.25, -0.2) is 9.67 Å². The SMILES string of the molecule is CC1CCCc2nc(C3CCCCN3)nn21. The zero-order chi connectivity index (χ0) is 11.0. The second kappa shape index (κ2) is 4.17. The minimum absolute atomic E-state index is 0.402. The molecule has 0 bridgehead atoms. The van der Waals surface area contributed by atoms with Crippen LogP contribution in [0.4, 0.5) is 0 Å². The van der Waals surface area contributed by atoms with Crippen molar-refractivity contribution in [2.24, 2.45) is 0 Å². The van der Waals surface area contributed by atoms with Crippen molar-refractivity contribution in [2.45, 2.75) is 57.5 Å². The zero-order valence-corrected chi connectivity index (χ0v) is 9.95. The molecule has 2 aliphatic rings. The average Bonchev–Trinajstić information content (AvgIpc) is 2.76. The van der Waals surface area contributed by atoms with Gasteiger partial charge in [0.05, 0.1) is 12.1 Å². The number of nitrogens with one attached hydrogen (secondary N) is 1. The lowest BCUT2D eigenvalue weighted by Gasteiger charge is -2.20. The van der Waals surface area contributed by atoms with E-state index in [1.54, 1.807) is 0 Å². The number of hydrogen-bond donors (Lipinski definition) is 1. The number of hydrogen-bond acceptors (Lipinski definition) is 3. The lowest BCUT2D eigenvalue weighted by atomic mass is 10.0. The van der Waals surface area contributed by atoms with E-state index in [4.69, 9.17) is 10.1 Å². The van der Waals surface area contributed by atoms with Crippen molar-refractivity contribution in [3.63, 3.8) is 0 Å². The Labute approximate surface area is 96.4 Å². The van der Waals surface area contributed by atoms with Crippen molar-refractivity contribution in [3.05, 3.63) is 11.6 Å². The first-order valence-electron chi connectivity index (χ1n) is 6.53. The van der Waals surface area contributed by atoms with Gasteiger partial charge in [0.2, 0.25) is 0 Å². The minimum atomic E-state index is 0.402.